The van der Waals surface area contributed by atoms with Gasteiger partial charge in [-0.2, -0.15) is 0 Å². The lowest BCUT2D eigenvalue weighted by Gasteiger charge is -1.66. The number of rotatable bonds is 1. The number of hydrogen-bond donors (Lipinski definition) is 0. The molecular weight excluding hydrogens is 187 g/mol. The molecule has 6 heavy (non-hydrogen) atoms. The standard InChI is InChI=1S/C3H7I.C2H6/c1-2-3-4;1-2/h2-3H2,1H3;1-2H3. The van der Waals surface area contributed by atoms with Crippen molar-refractivity contribution < 1.29 is 0 Å². The van der Waals surface area contributed by atoms with Crippen LogP contribution < -0.4 is 0 Å². The van der Waals surface area contributed by atoms with Crippen molar-refractivity contribution in [3.8, 4) is 0 Å². The number of halogens is 1. The maximum absolute atomic E-state index is 2.35. The summed E-state index contributed by atoms with van der Waals surface area (Å²) in [5.41, 5.74) is 0. The van der Waals surface area contributed by atoms with Gasteiger partial charge in [-0.3, -0.25) is 0 Å². The van der Waals surface area contributed by atoms with Crippen molar-refractivity contribution in [3.05, 3.63) is 0 Å². The molecule has 0 N–H and O–H groups in total. The molecule has 0 aliphatic rings. The Bertz CT molecular complexity index is 5.90. The van der Waals surface area contributed by atoms with Gasteiger partial charge in [0.25, 0.3) is 0 Å². The molecule has 0 spiro atoms. The monoisotopic (exact) mass is 200 g/mol. The van der Waals surface area contributed by atoms with E-state index in [0.29, 0.717) is 0 Å². The minimum Gasteiger partial charge on any atom is -0.0864 e. The van der Waals surface area contributed by atoms with E-state index >= 15 is 0 Å². The summed E-state index contributed by atoms with van der Waals surface area (Å²) in [6.07, 6.45) is 1.31. The molecule has 0 nitrogen and oxygen atoms in total. The first-order chi connectivity index (χ1) is 2.91. The number of hydrogen-bond acceptors (Lipinski definition) is 0. The van der Waals surface area contributed by atoms with Crippen LogP contribution in [0.4, 0.5) is 0 Å². The van der Waals surface area contributed by atoms with Crippen molar-refractivity contribution in [1.82, 2.24) is 0 Å². The van der Waals surface area contributed by atoms with Crippen molar-refractivity contribution >= 4 is 22.6 Å². The van der Waals surface area contributed by atoms with Crippen molar-refractivity contribution in [3.63, 3.8) is 0 Å². The van der Waals surface area contributed by atoms with Crippen LogP contribution in [0.3, 0.4) is 0 Å². The SMILES string of the molecule is CC.CCCI. The third-order valence-corrected chi connectivity index (χ3v) is 1.27. The number of alkyl halides is 1. The molecule has 0 fully saturated rings. The average Bonchev–Trinajstić information content (AvgIpc) is 1.72. The molecular formula is C5H13I. The van der Waals surface area contributed by atoms with E-state index in [9.17, 15) is 0 Å². The molecule has 0 heterocycles. The summed E-state index contributed by atoms with van der Waals surface area (Å²) in [7, 11) is 0. The Morgan fingerprint density at radius 3 is 1.50 bits per heavy atom. The molecule has 0 bridgehead atoms. The van der Waals surface area contributed by atoms with Crippen LogP contribution in [0.2, 0.25) is 0 Å². The van der Waals surface area contributed by atoms with Crippen molar-refractivity contribution in [2.75, 3.05) is 4.43 Å². The molecule has 40 valence electrons. The van der Waals surface area contributed by atoms with Gasteiger partial charge in [0.15, 0.2) is 0 Å². The van der Waals surface area contributed by atoms with Crippen molar-refractivity contribution in [1.29, 1.82) is 0 Å². The van der Waals surface area contributed by atoms with Gasteiger partial charge in [0.05, 0.1) is 0 Å². The Hall–Kier alpha value is 0.730. The lowest BCUT2D eigenvalue weighted by Crippen LogP contribution is -1.54. The fraction of sp³-hybridized carbons (Fsp3) is 1.00. The smallest absolute Gasteiger partial charge is 0.000735 e. The summed E-state index contributed by atoms with van der Waals surface area (Å²) >= 11 is 2.35. The Morgan fingerprint density at radius 2 is 1.50 bits per heavy atom. The molecule has 0 aromatic carbocycles. The highest BCUT2D eigenvalue weighted by molar-refractivity contribution is 14.1. The molecule has 0 aliphatic carbocycles. The van der Waals surface area contributed by atoms with Gasteiger partial charge in [0.2, 0.25) is 0 Å². The molecule has 0 atom stereocenters. The van der Waals surface area contributed by atoms with Crippen molar-refractivity contribution in [2.24, 2.45) is 0 Å². The lowest BCUT2D eigenvalue weighted by atomic mass is 10.6. The molecule has 1 heteroatoms. The first kappa shape index (κ1) is 9.88. The molecule has 0 radical (unpaired) electrons. The second-order valence-corrected chi connectivity index (χ2v) is 1.77. The Kier molecular flexibility index (Phi) is 28.3. The van der Waals surface area contributed by atoms with Gasteiger partial charge in [-0.15, -0.1) is 0 Å². The molecule has 0 rings (SSSR count). The molecule has 0 amide bonds. The highest BCUT2D eigenvalue weighted by Gasteiger charge is 1.58. The highest BCUT2D eigenvalue weighted by Crippen LogP contribution is 1.81. The van der Waals surface area contributed by atoms with Gasteiger partial charge in [0, 0.05) is 0 Å². The van der Waals surface area contributed by atoms with E-state index in [0.717, 1.165) is 0 Å². The maximum Gasteiger partial charge on any atom is -0.000735 e. The maximum atomic E-state index is 2.35. The first-order valence-electron chi connectivity index (χ1n) is 2.47. The van der Waals surface area contributed by atoms with E-state index in [4.69, 9.17) is 0 Å². The van der Waals surface area contributed by atoms with Crippen LogP contribution >= 0.6 is 22.6 Å². The Morgan fingerprint density at radius 1 is 1.33 bits per heavy atom. The second kappa shape index (κ2) is 17.2. The fourth-order valence-corrected chi connectivity index (χ4v) is 0. The Balaban J connectivity index is 0. The van der Waals surface area contributed by atoms with E-state index < -0.39 is 0 Å². The van der Waals surface area contributed by atoms with Crippen LogP contribution in [-0.4, -0.2) is 4.43 Å². The van der Waals surface area contributed by atoms with Gasteiger partial charge in [-0.1, -0.05) is 43.4 Å². The van der Waals surface area contributed by atoms with Crippen LogP contribution in [0.25, 0.3) is 0 Å². The van der Waals surface area contributed by atoms with Crippen LogP contribution in [0.5, 0.6) is 0 Å². The summed E-state index contributed by atoms with van der Waals surface area (Å²) in [4.78, 5) is 0. The summed E-state index contributed by atoms with van der Waals surface area (Å²) in [5, 5.41) is 0. The van der Waals surface area contributed by atoms with Crippen LogP contribution in [0.1, 0.15) is 27.2 Å². The second-order valence-electron chi connectivity index (χ2n) is 0.689. The lowest BCUT2D eigenvalue weighted by molar-refractivity contribution is 1.13. The molecule has 0 aromatic rings. The average molecular weight is 200 g/mol. The van der Waals surface area contributed by atoms with Gasteiger partial charge in [-0.05, 0) is 10.8 Å². The zero-order valence-corrected chi connectivity index (χ0v) is 6.95. The first-order valence-corrected chi connectivity index (χ1v) is 4.00. The van der Waals surface area contributed by atoms with Gasteiger partial charge in [0.1, 0.15) is 0 Å². The predicted molar refractivity (Wildman–Crippen MR) is 40.5 cm³/mol. The largest absolute Gasteiger partial charge is 0.0864 e. The summed E-state index contributed by atoms with van der Waals surface area (Å²) < 4.78 is 1.29. The van der Waals surface area contributed by atoms with Gasteiger partial charge in [-0.25, -0.2) is 0 Å². The molecule has 0 saturated carbocycles. The topological polar surface area (TPSA) is 0 Å². The predicted octanol–water partition coefficient (Wildman–Crippen LogP) is 2.86. The van der Waals surface area contributed by atoms with Crippen molar-refractivity contribution in [2.45, 2.75) is 27.2 Å². The third kappa shape index (κ3) is 22.0. The van der Waals surface area contributed by atoms with E-state index in [1.807, 2.05) is 13.8 Å². The van der Waals surface area contributed by atoms with E-state index in [1.54, 1.807) is 0 Å². The molecule has 0 saturated heterocycles. The summed E-state index contributed by atoms with van der Waals surface area (Å²) in [6, 6.07) is 0. The van der Waals surface area contributed by atoms with Crippen LogP contribution in [-0.2, 0) is 0 Å². The minimum atomic E-state index is 1.29. The zero-order chi connectivity index (χ0) is 5.41. The summed E-state index contributed by atoms with van der Waals surface area (Å²) in [5.74, 6) is 0. The quantitative estimate of drug-likeness (QED) is 0.451. The van der Waals surface area contributed by atoms with Gasteiger partial charge < -0.3 is 0 Å². The fourth-order valence-electron chi connectivity index (χ4n) is 0. The normalized spacial score (nSPS) is 6.00. The molecule has 0 aliphatic heterocycles. The minimum absolute atomic E-state index is 1.29. The van der Waals surface area contributed by atoms with E-state index in [2.05, 4.69) is 29.5 Å². The van der Waals surface area contributed by atoms with Crippen LogP contribution in [0.15, 0.2) is 0 Å². The van der Waals surface area contributed by atoms with Crippen LogP contribution in [0, 0.1) is 0 Å². The molecule has 0 aromatic heterocycles. The Labute approximate surface area is 54.5 Å². The van der Waals surface area contributed by atoms with Gasteiger partial charge >= 0.3 is 0 Å². The summed E-state index contributed by atoms with van der Waals surface area (Å²) in [6.45, 7) is 6.17. The third-order valence-electron chi connectivity index (χ3n) is 0.189. The van der Waals surface area contributed by atoms with E-state index in [1.165, 1.54) is 10.8 Å². The highest BCUT2D eigenvalue weighted by atomic mass is 127. The van der Waals surface area contributed by atoms with E-state index in [-0.39, 0.29) is 0 Å². The zero-order valence-electron chi connectivity index (χ0n) is 4.79. The molecule has 0 unspecified atom stereocenters.